The van der Waals surface area contributed by atoms with E-state index in [1.54, 1.807) is 17.5 Å². The highest BCUT2D eigenvalue weighted by Crippen LogP contribution is 2.18. The smallest absolute Gasteiger partial charge is 0.132 e. The van der Waals surface area contributed by atoms with Gasteiger partial charge in [0.2, 0.25) is 0 Å². The molecule has 7 heteroatoms. The lowest BCUT2D eigenvalue weighted by atomic mass is 10.4. The van der Waals surface area contributed by atoms with E-state index < -0.39 is 0 Å². The van der Waals surface area contributed by atoms with Crippen LogP contribution in [0.5, 0.6) is 0 Å². The number of aromatic nitrogens is 6. The van der Waals surface area contributed by atoms with E-state index in [0.29, 0.717) is 0 Å². The van der Waals surface area contributed by atoms with E-state index in [4.69, 9.17) is 0 Å². The van der Waals surface area contributed by atoms with Crippen LogP contribution in [-0.2, 0) is 13.1 Å². The van der Waals surface area contributed by atoms with E-state index in [1.165, 1.54) is 0 Å². The molecule has 0 radical (unpaired) electrons. The predicted octanol–water partition coefficient (Wildman–Crippen LogP) is 1.61. The van der Waals surface area contributed by atoms with Crippen molar-refractivity contribution in [3.05, 3.63) is 35.0 Å². The summed E-state index contributed by atoms with van der Waals surface area (Å²) in [5, 5.41) is 15.4. The largest absolute Gasteiger partial charge is 0.271 e. The van der Waals surface area contributed by atoms with Gasteiger partial charge in [-0.25, -0.2) is 9.67 Å². The minimum Gasteiger partial charge on any atom is -0.271 e. The van der Waals surface area contributed by atoms with Gasteiger partial charge in [-0.05, 0) is 13.0 Å². The second-order valence-electron chi connectivity index (χ2n) is 3.89. The van der Waals surface area contributed by atoms with Crippen LogP contribution in [0.3, 0.4) is 0 Å². The van der Waals surface area contributed by atoms with Gasteiger partial charge in [0.25, 0.3) is 0 Å². The summed E-state index contributed by atoms with van der Waals surface area (Å²) in [6.45, 7) is 3.51. The molecule has 0 aliphatic rings. The zero-order chi connectivity index (χ0) is 12.4. The minimum absolute atomic E-state index is 0.748. The highest BCUT2D eigenvalue weighted by Gasteiger charge is 2.06. The Hall–Kier alpha value is -2.02. The Morgan fingerprint density at radius 2 is 2.11 bits per heavy atom. The van der Waals surface area contributed by atoms with Crippen molar-refractivity contribution in [1.82, 2.24) is 29.8 Å². The van der Waals surface area contributed by atoms with E-state index in [2.05, 4.69) is 20.4 Å². The Morgan fingerprint density at radius 3 is 2.83 bits per heavy atom. The molecule has 0 saturated carbocycles. The Balaban J connectivity index is 1.70. The summed E-state index contributed by atoms with van der Waals surface area (Å²) in [6.07, 6.45) is 5.62. The summed E-state index contributed by atoms with van der Waals surface area (Å²) in [4.78, 5) is 4.39. The Morgan fingerprint density at radius 1 is 1.22 bits per heavy atom. The van der Waals surface area contributed by atoms with Crippen molar-refractivity contribution < 1.29 is 0 Å². The number of aryl methyl sites for hydroxylation is 3. The molecule has 0 N–H and O–H groups in total. The fourth-order valence-electron chi connectivity index (χ4n) is 1.64. The highest BCUT2D eigenvalue weighted by atomic mass is 32.1. The van der Waals surface area contributed by atoms with Gasteiger partial charge >= 0.3 is 0 Å². The molecule has 0 saturated heterocycles. The van der Waals surface area contributed by atoms with Gasteiger partial charge in [-0.15, -0.1) is 16.4 Å². The van der Waals surface area contributed by atoms with Crippen LogP contribution in [0, 0.1) is 6.92 Å². The predicted molar refractivity (Wildman–Crippen MR) is 68.1 cm³/mol. The van der Waals surface area contributed by atoms with E-state index in [-0.39, 0.29) is 0 Å². The van der Waals surface area contributed by atoms with Crippen molar-refractivity contribution in [2.45, 2.75) is 20.0 Å². The Bertz CT molecular complexity index is 624. The standard InChI is InChI=1S/C11H12N6S/c1-9-13-11(8-18-9)10-7-17(15-14-10)6-5-16-4-2-3-12-16/h2-4,7-8H,5-6H2,1H3. The second-order valence-corrected chi connectivity index (χ2v) is 4.95. The van der Waals surface area contributed by atoms with Gasteiger partial charge in [-0.1, -0.05) is 5.21 Å². The lowest BCUT2D eigenvalue weighted by Gasteiger charge is -2.00. The second kappa shape index (κ2) is 4.69. The van der Waals surface area contributed by atoms with Crippen molar-refractivity contribution in [2.24, 2.45) is 0 Å². The van der Waals surface area contributed by atoms with Crippen molar-refractivity contribution >= 4 is 11.3 Å². The first-order valence-electron chi connectivity index (χ1n) is 5.61. The lowest BCUT2D eigenvalue weighted by Crippen LogP contribution is -2.08. The first-order valence-corrected chi connectivity index (χ1v) is 6.49. The van der Waals surface area contributed by atoms with E-state index in [1.807, 2.05) is 40.1 Å². The van der Waals surface area contributed by atoms with Crippen LogP contribution < -0.4 is 0 Å². The molecule has 0 spiro atoms. The molecule has 0 unspecified atom stereocenters. The minimum atomic E-state index is 0.748. The summed E-state index contributed by atoms with van der Waals surface area (Å²) in [7, 11) is 0. The third-order valence-electron chi connectivity index (χ3n) is 2.54. The molecule has 0 amide bonds. The van der Waals surface area contributed by atoms with E-state index in [0.717, 1.165) is 29.5 Å². The first kappa shape index (κ1) is 11.1. The molecule has 0 aliphatic carbocycles. The normalized spacial score (nSPS) is 10.9. The van der Waals surface area contributed by atoms with Crippen LogP contribution in [0.15, 0.2) is 30.0 Å². The molecular formula is C11H12N6S. The monoisotopic (exact) mass is 260 g/mol. The van der Waals surface area contributed by atoms with Gasteiger partial charge in [0.15, 0.2) is 0 Å². The summed E-state index contributed by atoms with van der Waals surface area (Å²) < 4.78 is 3.68. The molecule has 0 aliphatic heterocycles. The van der Waals surface area contributed by atoms with Crippen LogP contribution in [-0.4, -0.2) is 29.8 Å². The molecule has 0 aromatic carbocycles. The van der Waals surface area contributed by atoms with Crippen molar-refractivity contribution in [3.63, 3.8) is 0 Å². The third kappa shape index (κ3) is 2.30. The van der Waals surface area contributed by atoms with Crippen LogP contribution >= 0.6 is 11.3 Å². The van der Waals surface area contributed by atoms with Gasteiger partial charge < -0.3 is 0 Å². The highest BCUT2D eigenvalue weighted by molar-refractivity contribution is 7.09. The fraction of sp³-hybridized carbons (Fsp3) is 0.273. The van der Waals surface area contributed by atoms with Crippen LogP contribution in [0.2, 0.25) is 0 Å². The molecule has 18 heavy (non-hydrogen) atoms. The molecule has 0 fully saturated rings. The molecule has 3 heterocycles. The zero-order valence-electron chi connectivity index (χ0n) is 9.89. The maximum absolute atomic E-state index is 4.39. The molecule has 92 valence electrons. The maximum Gasteiger partial charge on any atom is 0.132 e. The number of nitrogens with zero attached hydrogens (tertiary/aromatic N) is 6. The van der Waals surface area contributed by atoms with Crippen LogP contribution in [0.4, 0.5) is 0 Å². The number of hydrogen-bond donors (Lipinski definition) is 0. The fourth-order valence-corrected chi connectivity index (χ4v) is 2.25. The summed E-state index contributed by atoms with van der Waals surface area (Å²) in [5.74, 6) is 0. The van der Waals surface area contributed by atoms with Crippen molar-refractivity contribution in [3.8, 4) is 11.4 Å². The molecule has 3 aromatic heterocycles. The quantitative estimate of drug-likeness (QED) is 0.715. The average molecular weight is 260 g/mol. The topological polar surface area (TPSA) is 61.4 Å². The van der Waals surface area contributed by atoms with Gasteiger partial charge in [-0.3, -0.25) is 4.68 Å². The number of rotatable bonds is 4. The van der Waals surface area contributed by atoms with Crippen molar-refractivity contribution in [1.29, 1.82) is 0 Å². The van der Waals surface area contributed by atoms with Crippen molar-refractivity contribution in [2.75, 3.05) is 0 Å². The van der Waals surface area contributed by atoms with Crippen LogP contribution in [0.1, 0.15) is 5.01 Å². The SMILES string of the molecule is Cc1nc(-c2cn(CCn3cccn3)nn2)cs1. The Kier molecular flexibility index (Phi) is 2.89. The van der Waals surface area contributed by atoms with Crippen LogP contribution in [0.25, 0.3) is 11.4 Å². The third-order valence-corrected chi connectivity index (χ3v) is 3.31. The molecular weight excluding hydrogens is 248 g/mol. The summed E-state index contributed by atoms with van der Waals surface area (Å²) >= 11 is 1.62. The van der Waals surface area contributed by atoms with Gasteiger partial charge in [0, 0.05) is 17.8 Å². The molecule has 3 aromatic rings. The summed E-state index contributed by atoms with van der Waals surface area (Å²) in [5.41, 5.74) is 1.71. The number of thiazole rings is 1. The molecule has 0 atom stereocenters. The lowest BCUT2D eigenvalue weighted by molar-refractivity contribution is 0.490. The first-order chi connectivity index (χ1) is 8.81. The summed E-state index contributed by atoms with van der Waals surface area (Å²) in [6, 6.07) is 1.91. The number of hydrogen-bond acceptors (Lipinski definition) is 5. The van der Waals surface area contributed by atoms with E-state index >= 15 is 0 Å². The van der Waals surface area contributed by atoms with Gasteiger partial charge in [0.1, 0.15) is 11.4 Å². The Labute approximate surface area is 108 Å². The van der Waals surface area contributed by atoms with Gasteiger partial charge in [-0.2, -0.15) is 5.10 Å². The molecule has 0 bridgehead atoms. The average Bonchev–Trinajstić information content (AvgIpc) is 3.07. The molecule has 6 nitrogen and oxygen atoms in total. The van der Waals surface area contributed by atoms with E-state index in [9.17, 15) is 0 Å². The maximum atomic E-state index is 4.39. The zero-order valence-corrected chi connectivity index (χ0v) is 10.7. The molecule has 3 rings (SSSR count). The van der Waals surface area contributed by atoms with Gasteiger partial charge in [0.05, 0.1) is 24.3 Å².